The van der Waals surface area contributed by atoms with E-state index >= 15 is 0 Å². The largest absolute Gasteiger partial charge is 0.0651 e. The maximum Gasteiger partial charge on any atom is -0.0276 e. The van der Waals surface area contributed by atoms with Gasteiger partial charge in [-0.2, -0.15) is 0 Å². The molecular formula is C12H18. The van der Waals surface area contributed by atoms with E-state index in [1.807, 2.05) is 0 Å². The van der Waals surface area contributed by atoms with E-state index < -0.39 is 0 Å². The predicted molar refractivity (Wildman–Crippen MR) is 54.6 cm³/mol. The van der Waals surface area contributed by atoms with Gasteiger partial charge in [0.05, 0.1) is 0 Å². The van der Waals surface area contributed by atoms with E-state index in [0.717, 1.165) is 0 Å². The molecule has 0 aromatic heterocycles. The van der Waals surface area contributed by atoms with Gasteiger partial charge in [-0.3, -0.25) is 0 Å². The third-order valence-corrected chi connectivity index (χ3v) is 2.34. The van der Waals surface area contributed by atoms with Crippen molar-refractivity contribution in [2.45, 2.75) is 40.5 Å². The monoisotopic (exact) mass is 162 g/mol. The summed E-state index contributed by atoms with van der Waals surface area (Å²) in [5.74, 6) is 0. The number of rotatable bonds is 2. The highest BCUT2D eigenvalue weighted by Crippen LogP contribution is 2.17. The van der Waals surface area contributed by atoms with Gasteiger partial charge in [0, 0.05) is 0 Å². The van der Waals surface area contributed by atoms with Gasteiger partial charge in [0.25, 0.3) is 0 Å². The van der Waals surface area contributed by atoms with Gasteiger partial charge in [-0.05, 0) is 43.9 Å². The molecule has 0 bridgehead atoms. The molecule has 66 valence electrons. The molecule has 0 heterocycles. The molecule has 0 aliphatic heterocycles. The van der Waals surface area contributed by atoms with Crippen LogP contribution in [0.2, 0.25) is 0 Å². The third-order valence-electron chi connectivity index (χ3n) is 2.34. The molecule has 0 spiro atoms. The fourth-order valence-electron chi connectivity index (χ4n) is 1.85. The van der Waals surface area contributed by atoms with Crippen molar-refractivity contribution in [1.82, 2.24) is 0 Å². The van der Waals surface area contributed by atoms with Gasteiger partial charge in [-0.1, -0.05) is 31.0 Å². The van der Waals surface area contributed by atoms with E-state index in [9.17, 15) is 0 Å². The molecule has 1 aromatic carbocycles. The van der Waals surface area contributed by atoms with E-state index in [2.05, 4.69) is 39.8 Å². The Morgan fingerprint density at radius 3 is 1.92 bits per heavy atom. The summed E-state index contributed by atoms with van der Waals surface area (Å²) in [6, 6.07) is 4.55. The minimum atomic E-state index is 1.22. The Labute approximate surface area is 75.6 Å². The fraction of sp³-hybridized carbons (Fsp3) is 0.500. The first kappa shape index (κ1) is 9.31. The summed E-state index contributed by atoms with van der Waals surface area (Å²) in [6.45, 7) is 8.82. The summed E-state index contributed by atoms with van der Waals surface area (Å²) in [5, 5.41) is 0. The lowest BCUT2D eigenvalue weighted by molar-refractivity contribution is 0.902. The smallest absolute Gasteiger partial charge is 0.0276 e. The average molecular weight is 162 g/mol. The lowest BCUT2D eigenvalue weighted by atomic mass is 9.97. The minimum absolute atomic E-state index is 1.22. The van der Waals surface area contributed by atoms with Crippen molar-refractivity contribution in [3.05, 3.63) is 34.4 Å². The molecule has 0 aliphatic carbocycles. The van der Waals surface area contributed by atoms with Gasteiger partial charge >= 0.3 is 0 Å². The molecule has 12 heavy (non-hydrogen) atoms. The van der Waals surface area contributed by atoms with E-state index in [4.69, 9.17) is 0 Å². The van der Waals surface area contributed by atoms with Crippen molar-refractivity contribution in [1.29, 1.82) is 0 Å². The molecule has 0 nitrogen and oxygen atoms in total. The van der Waals surface area contributed by atoms with Gasteiger partial charge in [0.2, 0.25) is 0 Å². The summed E-state index contributed by atoms with van der Waals surface area (Å²) in [7, 11) is 0. The second-order valence-electron chi connectivity index (χ2n) is 3.63. The molecule has 0 saturated heterocycles. The van der Waals surface area contributed by atoms with Crippen LogP contribution in [0, 0.1) is 20.8 Å². The Morgan fingerprint density at radius 1 is 1.00 bits per heavy atom. The van der Waals surface area contributed by atoms with Crippen LogP contribution in [0.15, 0.2) is 12.1 Å². The van der Waals surface area contributed by atoms with Crippen molar-refractivity contribution >= 4 is 0 Å². The van der Waals surface area contributed by atoms with Crippen molar-refractivity contribution in [3.8, 4) is 0 Å². The SMILES string of the molecule is CCCc1c(C)cc(C)cc1C. The molecule has 0 atom stereocenters. The standard InChI is InChI=1S/C12H18/c1-5-6-12-10(3)7-9(2)8-11(12)4/h7-8H,5-6H2,1-4H3. The number of benzene rings is 1. The van der Waals surface area contributed by atoms with E-state index in [1.54, 1.807) is 5.56 Å². The van der Waals surface area contributed by atoms with Crippen LogP contribution in [0.25, 0.3) is 0 Å². The van der Waals surface area contributed by atoms with Crippen LogP contribution >= 0.6 is 0 Å². The van der Waals surface area contributed by atoms with Crippen LogP contribution in [0.5, 0.6) is 0 Å². The van der Waals surface area contributed by atoms with Gasteiger partial charge in [0.1, 0.15) is 0 Å². The quantitative estimate of drug-likeness (QED) is 0.623. The number of aryl methyl sites for hydroxylation is 3. The normalized spacial score (nSPS) is 10.3. The van der Waals surface area contributed by atoms with Gasteiger partial charge in [-0.25, -0.2) is 0 Å². The molecule has 0 unspecified atom stereocenters. The van der Waals surface area contributed by atoms with Crippen LogP contribution in [0.3, 0.4) is 0 Å². The first-order valence-corrected chi connectivity index (χ1v) is 4.72. The number of hydrogen-bond donors (Lipinski definition) is 0. The Bertz CT molecular complexity index is 248. The zero-order valence-electron chi connectivity index (χ0n) is 8.57. The van der Waals surface area contributed by atoms with Crippen LogP contribution in [-0.4, -0.2) is 0 Å². The average Bonchev–Trinajstić information content (AvgIpc) is 1.96. The molecule has 0 N–H and O–H groups in total. The molecule has 0 aliphatic rings. The Kier molecular flexibility index (Phi) is 2.91. The van der Waals surface area contributed by atoms with Crippen LogP contribution in [0.4, 0.5) is 0 Å². The molecule has 1 rings (SSSR count). The summed E-state index contributed by atoms with van der Waals surface area (Å²) in [6.07, 6.45) is 2.46. The van der Waals surface area contributed by atoms with Crippen LogP contribution in [-0.2, 0) is 6.42 Å². The highest BCUT2D eigenvalue weighted by Gasteiger charge is 2.01. The van der Waals surface area contributed by atoms with Crippen LogP contribution < -0.4 is 0 Å². The second-order valence-corrected chi connectivity index (χ2v) is 3.63. The molecule has 0 radical (unpaired) electrons. The summed E-state index contributed by atoms with van der Waals surface area (Å²) < 4.78 is 0. The highest BCUT2D eigenvalue weighted by atomic mass is 14.1. The lowest BCUT2D eigenvalue weighted by Crippen LogP contribution is -1.93. The Morgan fingerprint density at radius 2 is 1.50 bits per heavy atom. The third kappa shape index (κ3) is 1.88. The van der Waals surface area contributed by atoms with E-state index in [0.29, 0.717) is 0 Å². The molecule has 0 heteroatoms. The fourth-order valence-corrected chi connectivity index (χ4v) is 1.85. The molecule has 0 fully saturated rings. The first-order valence-electron chi connectivity index (χ1n) is 4.72. The zero-order valence-corrected chi connectivity index (χ0v) is 8.57. The van der Waals surface area contributed by atoms with Gasteiger partial charge in [0.15, 0.2) is 0 Å². The van der Waals surface area contributed by atoms with E-state index in [-0.39, 0.29) is 0 Å². The number of hydrogen-bond acceptors (Lipinski definition) is 0. The Balaban J connectivity index is 3.10. The van der Waals surface area contributed by atoms with Crippen molar-refractivity contribution in [3.63, 3.8) is 0 Å². The highest BCUT2D eigenvalue weighted by molar-refractivity contribution is 5.37. The van der Waals surface area contributed by atoms with Gasteiger partial charge < -0.3 is 0 Å². The molecule has 0 amide bonds. The maximum atomic E-state index is 2.28. The van der Waals surface area contributed by atoms with Crippen molar-refractivity contribution < 1.29 is 0 Å². The Hall–Kier alpha value is -0.780. The minimum Gasteiger partial charge on any atom is -0.0651 e. The van der Waals surface area contributed by atoms with Crippen LogP contribution in [0.1, 0.15) is 35.6 Å². The molecular weight excluding hydrogens is 144 g/mol. The first-order chi connectivity index (χ1) is 5.65. The summed E-state index contributed by atoms with van der Waals surface area (Å²) in [5.41, 5.74) is 5.83. The maximum absolute atomic E-state index is 2.28. The topological polar surface area (TPSA) is 0 Å². The second kappa shape index (κ2) is 3.75. The molecule has 0 saturated carbocycles. The lowest BCUT2D eigenvalue weighted by Gasteiger charge is -2.09. The van der Waals surface area contributed by atoms with Crippen molar-refractivity contribution in [2.75, 3.05) is 0 Å². The zero-order chi connectivity index (χ0) is 9.14. The summed E-state index contributed by atoms with van der Waals surface area (Å²) >= 11 is 0. The predicted octanol–water partition coefficient (Wildman–Crippen LogP) is 3.56. The van der Waals surface area contributed by atoms with Gasteiger partial charge in [-0.15, -0.1) is 0 Å². The van der Waals surface area contributed by atoms with E-state index in [1.165, 1.54) is 29.5 Å². The summed E-state index contributed by atoms with van der Waals surface area (Å²) in [4.78, 5) is 0. The molecule has 1 aromatic rings. The van der Waals surface area contributed by atoms with Crippen molar-refractivity contribution in [2.24, 2.45) is 0 Å².